The number of alkyl halides is 6. The van der Waals surface area contributed by atoms with Gasteiger partial charge in [0.2, 0.25) is 0 Å². The Morgan fingerprint density at radius 2 is 1.33 bits per heavy atom. The van der Waals surface area contributed by atoms with E-state index in [1.807, 2.05) is 0 Å². The van der Waals surface area contributed by atoms with Gasteiger partial charge in [-0.05, 0) is 42.5 Å². The van der Waals surface area contributed by atoms with Crippen LogP contribution >= 0.6 is 12.4 Å². The average molecular weight is 378 g/mol. The summed E-state index contributed by atoms with van der Waals surface area (Å²) in [5, 5.41) is 10.2. The van der Waals surface area contributed by atoms with Gasteiger partial charge in [0, 0.05) is 0 Å². The first kappa shape index (κ1) is 21.1. The second-order valence-electron chi connectivity index (χ2n) is 5.90. The van der Waals surface area contributed by atoms with Crippen LogP contribution in [-0.4, -0.2) is 11.2 Å². The Kier molecular flexibility index (Phi) is 6.57. The Balaban J connectivity index is 0.00000288. The molecular weight excluding hydrogens is 360 g/mol. The van der Waals surface area contributed by atoms with Crippen LogP contribution in [-0.2, 0) is 12.4 Å². The third kappa shape index (κ3) is 4.77. The topological polar surface area (TPSA) is 46.2 Å². The van der Waals surface area contributed by atoms with Crippen LogP contribution in [0.2, 0.25) is 0 Å². The molecule has 2 nitrogen and oxygen atoms in total. The fourth-order valence-corrected chi connectivity index (χ4v) is 2.96. The molecule has 0 saturated heterocycles. The van der Waals surface area contributed by atoms with Crippen LogP contribution in [0.3, 0.4) is 0 Å². The molecule has 1 fully saturated rings. The van der Waals surface area contributed by atoms with Crippen molar-refractivity contribution in [3.63, 3.8) is 0 Å². The maximum atomic E-state index is 12.8. The minimum atomic E-state index is -4.92. The molecular formula is C15H18ClF6NO. The van der Waals surface area contributed by atoms with Gasteiger partial charge in [-0.25, -0.2) is 0 Å². The molecule has 0 radical (unpaired) electrons. The largest absolute Gasteiger partial charge is 0.416 e. The molecule has 0 heterocycles. The van der Waals surface area contributed by atoms with Crippen molar-refractivity contribution in [1.82, 2.24) is 0 Å². The van der Waals surface area contributed by atoms with Gasteiger partial charge in [0.25, 0.3) is 0 Å². The molecule has 0 aliphatic heterocycles. The molecule has 1 aliphatic rings. The van der Waals surface area contributed by atoms with E-state index in [1.165, 1.54) is 0 Å². The summed E-state index contributed by atoms with van der Waals surface area (Å²) >= 11 is 0. The molecule has 9 heteroatoms. The second-order valence-corrected chi connectivity index (χ2v) is 5.90. The summed E-state index contributed by atoms with van der Waals surface area (Å²) in [6.45, 7) is 0. The summed E-state index contributed by atoms with van der Waals surface area (Å²) in [5.74, 6) is -0.200. The Bertz CT molecular complexity index is 522. The highest BCUT2D eigenvalue weighted by Gasteiger charge is 2.38. The van der Waals surface area contributed by atoms with Crippen LogP contribution in [0.25, 0.3) is 0 Å². The normalized spacial score (nSPS) is 19.0. The highest BCUT2D eigenvalue weighted by atomic mass is 35.5. The number of nitrogens with two attached hydrogens (primary N) is 1. The van der Waals surface area contributed by atoms with Crippen LogP contribution < -0.4 is 5.73 Å². The van der Waals surface area contributed by atoms with E-state index in [0.717, 1.165) is 12.8 Å². The fraction of sp³-hybridized carbons (Fsp3) is 0.600. The number of aliphatic hydroxyl groups excluding tert-OH is 1. The van der Waals surface area contributed by atoms with Crippen LogP contribution in [0.1, 0.15) is 48.4 Å². The highest BCUT2D eigenvalue weighted by Crippen LogP contribution is 2.39. The first-order chi connectivity index (χ1) is 10.5. The lowest BCUT2D eigenvalue weighted by molar-refractivity contribution is -0.143. The first-order valence-corrected chi connectivity index (χ1v) is 7.23. The van der Waals surface area contributed by atoms with Gasteiger partial charge in [0.05, 0.1) is 23.3 Å². The van der Waals surface area contributed by atoms with Crippen molar-refractivity contribution in [1.29, 1.82) is 0 Å². The summed E-state index contributed by atoms with van der Waals surface area (Å²) < 4.78 is 77.0. The number of hydrogen-bond acceptors (Lipinski definition) is 2. The molecule has 1 aliphatic carbocycles. The molecule has 1 aromatic rings. The highest BCUT2D eigenvalue weighted by molar-refractivity contribution is 5.85. The van der Waals surface area contributed by atoms with Gasteiger partial charge in [0.15, 0.2) is 0 Å². The van der Waals surface area contributed by atoms with E-state index in [0.29, 0.717) is 25.0 Å². The Labute approximate surface area is 141 Å². The molecule has 0 amide bonds. The van der Waals surface area contributed by atoms with Gasteiger partial charge in [-0.15, -0.1) is 12.4 Å². The molecule has 24 heavy (non-hydrogen) atoms. The Morgan fingerprint density at radius 1 is 0.917 bits per heavy atom. The van der Waals surface area contributed by atoms with Crippen molar-refractivity contribution >= 4 is 12.4 Å². The summed E-state index contributed by atoms with van der Waals surface area (Å²) in [5.41, 5.74) is 2.56. The summed E-state index contributed by atoms with van der Waals surface area (Å²) in [6, 6.07) is -0.0737. The van der Waals surface area contributed by atoms with E-state index in [4.69, 9.17) is 5.73 Å². The van der Waals surface area contributed by atoms with Crippen molar-refractivity contribution in [3.05, 3.63) is 34.9 Å². The predicted molar refractivity (Wildman–Crippen MR) is 78.6 cm³/mol. The molecule has 2 atom stereocenters. The smallest absolute Gasteiger partial charge is 0.391 e. The standard InChI is InChI=1S/C15H17F6NO.ClH/c16-14(17,18)10-5-9(6-11(7-10)15(19,20)21)12(22)13(23)8-3-1-2-4-8;/h5-8,12-13,23H,1-4,22H2;1H/t12-,13+;/m0./s1. The van der Waals surface area contributed by atoms with E-state index in [1.54, 1.807) is 0 Å². The molecule has 0 unspecified atom stereocenters. The lowest BCUT2D eigenvalue weighted by Gasteiger charge is -2.26. The minimum absolute atomic E-state index is 0. The molecule has 1 aromatic carbocycles. The van der Waals surface area contributed by atoms with Gasteiger partial charge in [-0.2, -0.15) is 26.3 Å². The zero-order valence-electron chi connectivity index (χ0n) is 12.5. The van der Waals surface area contributed by atoms with Gasteiger partial charge >= 0.3 is 12.4 Å². The molecule has 138 valence electrons. The molecule has 0 aromatic heterocycles. The fourth-order valence-electron chi connectivity index (χ4n) is 2.96. The monoisotopic (exact) mass is 377 g/mol. The predicted octanol–water partition coefficient (Wildman–Crippen LogP) is 4.70. The number of rotatable bonds is 3. The quantitative estimate of drug-likeness (QED) is 0.750. The lowest BCUT2D eigenvalue weighted by Crippen LogP contribution is -2.32. The van der Waals surface area contributed by atoms with E-state index >= 15 is 0 Å². The summed E-state index contributed by atoms with van der Waals surface area (Å²) in [6.07, 6.45) is -7.94. The van der Waals surface area contributed by atoms with Crippen molar-refractivity contribution in [2.75, 3.05) is 0 Å². The van der Waals surface area contributed by atoms with Crippen molar-refractivity contribution in [3.8, 4) is 0 Å². The average Bonchev–Trinajstić information content (AvgIpc) is 2.97. The minimum Gasteiger partial charge on any atom is -0.391 e. The molecule has 2 rings (SSSR count). The third-order valence-electron chi connectivity index (χ3n) is 4.25. The van der Waals surface area contributed by atoms with E-state index < -0.39 is 35.6 Å². The van der Waals surface area contributed by atoms with Crippen LogP contribution in [0.4, 0.5) is 26.3 Å². The third-order valence-corrected chi connectivity index (χ3v) is 4.25. The van der Waals surface area contributed by atoms with Gasteiger partial charge < -0.3 is 10.8 Å². The van der Waals surface area contributed by atoms with Gasteiger partial charge in [0.1, 0.15) is 0 Å². The number of aliphatic hydroxyl groups is 1. The van der Waals surface area contributed by atoms with Crippen LogP contribution in [0.5, 0.6) is 0 Å². The molecule has 1 saturated carbocycles. The van der Waals surface area contributed by atoms with Crippen molar-refractivity contribution in [2.24, 2.45) is 11.7 Å². The summed E-state index contributed by atoms with van der Waals surface area (Å²) in [4.78, 5) is 0. The number of hydrogen-bond donors (Lipinski definition) is 2. The van der Waals surface area contributed by atoms with Gasteiger partial charge in [-0.3, -0.25) is 0 Å². The summed E-state index contributed by atoms with van der Waals surface area (Å²) in [7, 11) is 0. The SMILES string of the molecule is Cl.N[C@@H](c1cc(C(F)(F)F)cc(C(F)(F)F)c1)[C@H](O)C1CCCC1. The Hall–Kier alpha value is -0.990. The second kappa shape index (κ2) is 7.49. The van der Waals surface area contributed by atoms with E-state index in [9.17, 15) is 31.4 Å². The van der Waals surface area contributed by atoms with Gasteiger partial charge in [-0.1, -0.05) is 12.8 Å². The first-order valence-electron chi connectivity index (χ1n) is 7.23. The van der Waals surface area contributed by atoms with Crippen molar-refractivity contribution < 1.29 is 31.4 Å². The number of halogens is 7. The maximum Gasteiger partial charge on any atom is 0.416 e. The van der Waals surface area contributed by atoms with E-state index in [-0.39, 0.29) is 30.0 Å². The van der Waals surface area contributed by atoms with Crippen molar-refractivity contribution in [2.45, 2.75) is 50.2 Å². The molecule has 0 bridgehead atoms. The molecule has 3 N–H and O–H groups in total. The van der Waals surface area contributed by atoms with Crippen LogP contribution in [0.15, 0.2) is 18.2 Å². The molecule has 0 spiro atoms. The number of benzene rings is 1. The van der Waals surface area contributed by atoms with Crippen LogP contribution in [0, 0.1) is 5.92 Å². The van der Waals surface area contributed by atoms with E-state index in [2.05, 4.69) is 0 Å². The zero-order valence-corrected chi connectivity index (χ0v) is 13.3. The maximum absolute atomic E-state index is 12.8. The Morgan fingerprint density at radius 3 is 1.71 bits per heavy atom. The zero-order chi connectivity index (χ0) is 17.4. The lowest BCUT2D eigenvalue weighted by atomic mass is 9.89.